The zero-order valence-corrected chi connectivity index (χ0v) is 10.3. The Morgan fingerprint density at radius 1 is 1.39 bits per heavy atom. The molecule has 0 saturated heterocycles. The van der Waals surface area contributed by atoms with Crippen molar-refractivity contribution in [3.63, 3.8) is 0 Å². The van der Waals surface area contributed by atoms with Crippen molar-refractivity contribution in [3.8, 4) is 0 Å². The molecule has 18 heavy (non-hydrogen) atoms. The summed E-state index contributed by atoms with van der Waals surface area (Å²) in [6, 6.07) is 9.79. The fraction of sp³-hybridized carbons (Fsp3) is 0.286. The lowest BCUT2D eigenvalue weighted by Gasteiger charge is -2.25. The summed E-state index contributed by atoms with van der Waals surface area (Å²) in [4.78, 5) is 12.5. The molecule has 0 radical (unpaired) electrons. The van der Waals surface area contributed by atoms with E-state index in [2.05, 4.69) is 10.4 Å². The summed E-state index contributed by atoms with van der Waals surface area (Å²) in [6.07, 6.45) is 2.63. The minimum Gasteiger partial charge on any atom is -0.385 e. The first-order valence-electron chi connectivity index (χ1n) is 6.12. The van der Waals surface area contributed by atoms with Gasteiger partial charge >= 0.3 is 0 Å². The van der Waals surface area contributed by atoms with Crippen molar-refractivity contribution in [2.45, 2.75) is 12.3 Å². The maximum Gasteiger partial charge on any atom is 0.190 e. The van der Waals surface area contributed by atoms with E-state index in [4.69, 9.17) is 0 Å². The summed E-state index contributed by atoms with van der Waals surface area (Å²) in [5, 5.41) is 7.53. The van der Waals surface area contributed by atoms with Crippen LogP contribution in [-0.4, -0.2) is 22.1 Å². The molecule has 1 aliphatic rings. The maximum absolute atomic E-state index is 12.5. The molecule has 4 nitrogen and oxygen atoms in total. The largest absolute Gasteiger partial charge is 0.385 e. The monoisotopic (exact) mass is 241 g/mol. The molecule has 1 aromatic carbocycles. The third kappa shape index (κ3) is 1.79. The second-order valence-electron chi connectivity index (χ2n) is 4.59. The SMILES string of the molecule is Cn1ccc(C(=O)C2CCNc3ccccc32)n1. The van der Waals surface area contributed by atoms with Gasteiger partial charge in [0.15, 0.2) is 5.78 Å². The van der Waals surface area contributed by atoms with Crippen LogP contribution in [0.4, 0.5) is 5.69 Å². The molecular weight excluding hydrogens is 226 g/mol. The van der Waals surface area contributed by atoms with E-state index in [1.165, 1.54) is 0 Å². The van der Waals surface area contributed by atoms with Crippen molar-refractivity contribution in [1.82, 2.24) is 9.78 Å². The van der Waals surface area contributed by atoms with Gasteiger partial charge in [-0.1, -0.05) is 18.2 Å². The third-order valence-electron chi connectivity index (χ3n) is 3.37. The normalized spacial score (nSPS) is 17.9. The number of anilines is 1. The first kappa shape index (κ1) is 11.0. The van der Waals surface area contributed by atoms with Gasteiger partial charge < -0.3 is 5.32 Å². The Hall–Kier alpha value is -2.10. The number of para-hydroxylation sites is 1. The average Bonchev–Trinajstić information content (AvgIpc) is 2.84. The number of rotatable bonds is 2. The van der Waals surface area contributed by atoms with Gasteiger partial charge in [-0.25, -0.2) is 0 Å². The molecule has 2 heterocycles. The van der Waals surface area contributed by atoms with Gasteiger partial charge in [0, 0.05) is 25.5 Å². The van der Waals surface area contributed by atoms with Crippen LogP contribution in [0.15, 0.2) is 36.5 Å². The van der Waals surface area contributed by atoms with Crippen molar-refractivity contribution in [3.05, 3.63) is 47.8 Å². The molecule has 92 valence electrons. The zero-order valence-electron chi connectivity index (χ0n) is 10.3. The summed E-state index contributed by atoms with van der Waals surface area (Å²) in [6.45, 7) is 0.834. The standard InChI is InChI=1S/C14H15N3O/c1-17-9-7-13(16-17)14(18)11-6-8-15-12-5-3-2-4-10(11)12/h2-5,7,9,11,15H,6,8H2,1H3. The molecule has 3 rings (SSSR count). The molecule has 1 aromatic heterocycles. The average molecular weight is 241 g/mol. The van der Waals surface area contributed by atoms with Crippen LogP contribution in [0.5, 0.6) is 0 Å². The van der Waals surface area contributed by atoms with Crippen LogP contribution in [0.3, 0.4) is 0 Å². The van der Waals surface area contributed by atoms with E-state index in [1.54, 1.807) is 16.9 Å². The molecule has 1 atom stereocenters. The lowest BCUT2D eigenvalue weighted by Crippen LogP contribution is -2.23. The minimum absolute atomic E-state index is 0.0719. The lowest BCUT2D eigenvalue weighted by atomic mass is 9.86. The lowest BCUT2D eigenvalue weighted by molar-refractivity contribution is 0.0949. The highest BCUT2D eigenvalue weighted by Gasteiger charge is 2.28. The van der Waals surface area contributed by atoms with Crippen molar-refractivity contribution in [1.29, 1.82) is 0 Å². The van der Waals surface area contributed by atoms with Gasteiger partial charge in [0.1, 0.15) is 5.69 Å². The number of nitrogens with zero attached hydrogens (tertiary/aromatic N) is 2. The predicted octanol–water partition coefficient (Wildman–Crippen LogP) is 2.20. The Labute approximate surface area is 106 Å². The van der Waals surface area contributed by atoms with Crippen LogP contribution >= 0.6 is 0 Å². The molecule has 1 aliphatic heterocycles. The first-order valence-corrected chi connectivity index (χ1v) is 6.12. The highest BCUT2D eigenvalue weighted by Crippen LogP contribution is 2.33. The molecule has 0 amide bonds. The molecule has 0 fully saturated rings. The Bertz CT molecular complexity index is 588. The van der Waals surface area contributed by atoms with E-state index in [-0.39, 0.29) is 11.7 Å². The van der Waals surface area contributed by atoms with E-state index in [0.29, 0.717) is 5.69 Å². The van der Waals surface area contributed by atoms with Crippen LogP contribution in [0.2, 0.25) is 0 Å². The molecule has 0 bridgehead atoms. The zero-order chi connectivity index (χ0) is 12.5. The fourth-order valence-electron chi connectivity index (χ4n) is 2.47. The van der Waals surface area contributed by atoms with Gasteiger partial charge in [0.05, 0.1) is 5.92 Å². The summed E-state index contributed by atoms with van der Waals surface area (Å²) >= 11 is 0. The van der Waals surface area contributed by atoms with Crippen LogP contribution in [0, 0.1) is 0 Å². The maximum atomic E-state index is 12.5. The number of carbonyl (C=O) groups is 1. The molecule has 1 N–H and O–H groups in total. The summed E-state index contributed by atoms with van der Waals surface area (Å²) in [5.74, 6) is 0.0434. The van der Waals surface area contributed by atoms with E-state index in [1.807, 2.05) is 31.3 Å². The van der Waals surface area contributed by atoms with Gasteiger partial charge in [-0.2, -0.15) is 5.10 Å². The molecule has 0 aliphatic carbocycles. The van der Waals surface area contributed by atoms with Crippen LogP contribution < -0.4 is 5.32 Å². The quantitative estimate of drug-likeness (QED) is 0.820. The summed E-state index contributed by atoms with van der Waals surface area (Å²) in [5.41, 5.74) is 2.71. The van der Waals surface area contributed by atoms with Crippen LogP contribution in [0.1, 0.15) is 28.4 Å². The number of hydrogen-bond acceptors (Lipinski definition) is 3. The number of carbonyl (C=O) groups excluding carboxylic acids is 1. The Morgan fingerprint density at radius 3 is 3.00 bits per heavy atom. The number of hydrogen-bond donors (Lipinski definition) is 1. The summed E-state index contributed by atoms with van der Waals surface area (Å²) in [7, 11) is 1.83. The Kier molecular flexibility index (Phi) is 2.63. The van der Waals surface area contributed by atoms with E-state index < -0.39 is 0 Å². The van der Waals surface area contributed by atoms with Crippen molar-refractivity contribution in [2.75, 3.05) is 11.9 Å². The fourth-order valence-corrected chi connectivity index (χ4v) is 2.47. The number of aromatic nitrogens is 2. The molecular formula is C14H15N3O. The molecule has 4 heteroatoms. The van der Waals surface area contributed by atoms with Crippen molar-refractivity contribution in [2.24, 2.45) is 7.05 Å². The molecule has 1 unspecified atom stereocenters. The number of Topliss-reactive ketones (excluding diaryl/α,β-unsaturated/α-hetero) is 1. The van der Waals surface area contributed by atoms with E-state index in [9.17, 15) is 4.79 Å². The van der Waals surface area contributed by atoms with Crippen LogP contribution in [0.25, 0.3) is 0 Å². The second kappa shape index (κ2) is 4.29. The number of benzene rings is 1. The Morgan fingerprint density at radius 2 is 2.22 bits per heavy atom. The molecule has 0 saturated carbocycles. The smallest absolute Gasteiger partial charge is 0.190 e. The van der Waals surface area contributed by atoms with Gasteiger partial charge in [-0.05, 0) is 24.1 Å². The molecule has 0 spiro atoms. The van der Waals surface area contributed by atoms with Crippen LogP contribution in [-0.2, 0) is 7.05 Å². The van der Waals surface area contributed by atoms with Gasteiger partial charge in [0.2, 0.25) is 0 Å². The van der Waals surface area contributed by atoms with Crippen molar-refractivity contribution >= 4 is 11.5 Å². The minimum atomic E-state index is -0.0719. The first-order chi connectivity index (χ1) is 8.75. The highest BCUT2D eigenvalue weighted by atomic mass is 16.1. The topological polar surface area (TPSA) is 46.9 Å². The van der Waals surface area contributed by atoms with Crippen molar-refractivity contribution < 1.29 is 4.79 Å². The van der Waals surface area contributed by atoms with E-state index >= 15 is 0 Å². The highest BCUT2D eigenvalue weighted by molar-refractivity contribution is 6.00. The van der Waals surface area contributed by atoms with E-state index in [0.717, 1.165) is 24.2 Å². The Balaban J connectivity index is 1.96. The predicted molar refractivity (Wildman–Crippen MR) is 69.8 cm³/mol. The second-order valence-corrected chi connectivity index (χ2v) is 4.59. The van der Waals surface area contributed by atoms with Gasteiger partial charge in [0.25, 0.3) is 0 Å². The van der Waals surface area contributed by atoms with Gasteiger partial charge in [-0.3, -0.25) is 9.48 Å². The number of ketones is 1. The summed E-state index contributed by atoms with van der Waals surface area (Å²) < 4.78 is 1.67. The number of nitrogens with one attached hydrogen (secondary N) is 1. The molecule has 2 aromatic rings. The number of fused-ring (bicyclic) bond motifs is 1. The number of aryl methyl sites for hydroxylation is 1. The third-order valence-corrected chi connectivity index (χ3v) is 3.37. The van der Waals surface area contributed by atoms with Gasteiger partial charge in [-0.15, -0.1) is 0 Å².